The Morgan fingerprint density at radius 2 is 1.53 bits per heavy atom. The van der Waals surface area contributed by atoms with Crippen molar-refractivity contribution in [2.24, 2.45) is 0 Å². The summed E-state index contributed by atoms with van der Waals surface area (Å²) in [5, 5.41) is 0. The molecule has 3 aliphatic heterocycles. The Kier molecular flexibility index (Phi) is 6.60. The molecule has 1 aromatic rings. The maximum absolute atomic E-state index is 6.60. The summed E-state index contributed by atoms with van der Waals surface area (Å²) in [5.41, 5.74) is 1.09. The summed E-state index contributed by atoms with van der Waals surface area (Å²) in [4.78, 5) is 0. The van der Waals surface area contributed by atoms with Crippen molar-refractivity contribution >= 4 is 0 Å². The number of benzene rings is 1. The Bertz CT molecular complexity index is 815. The molecule has 7 nitrogen and oxygen atoms in total. The molecule has 0 bridgehead atoms. The second-order valence-corrected chi connectivity index (χ2v) is 10.4. The van der Waals surface area contributed by atoms with Crippen LogP contribution in [0.1, 0.15) is 76.7 Å². The van der Waals surface area contributed by atoms with Gasteiger partial charge < -0.3 is 33.2 Å². The molecule has 6 rings (SSSR count). The first-order valence-electron chi connectivity index (χ1n) is 13.3. The Morgan fingerprint density at radius 3 is 2.24 bits per heavy atom. The average Bonchev–Trinajstić information content (AvgIpc) is 3.51. The Balaban J connectivity index is 1.17. The van der Waals surface area contributed by atoms with Crippen LogP contribution in [0.15, 0.2) is 24.3 Å². The molecule has 0 aromatic heterocycles. The van der Waals surface area contributed by atoms with E-state index < -0.39 is 17.9 Å². The molecule has 188 valence electrons. The molecular formula is C27H38O7. The Hall–Kier alpha value is -1.22. The fraction of sp³-hybridized carbons (Fsp3) is 0.778. The number of hydrogen-bond donors (Lipinski definition) is 0. The molecule has 7 heteroatoms. The summed E-state index contributed by atoms with van der Waals surface area (Å²) < 4.78 is 44.4. The van der Waals surface area contributed by atoms with Gasteiger partial charge in [-0.05, 0) is 50.3 Å². The number of rotatable bonds is 6. The topological polar surface area (TPSA) is 64.6 Å². The standard InChI is InChI=1S/C27H38O7/c1-2-28-20-11-9-19(10-12-20)17-29-23-22(21-18-30-26(32-21)13-5-3-6-14-26)31-25-24(23)33-27(34-25)15-7-4-8-16-27/h9-12,21-25H,2-8,13-18H2,1H3/t21-,22-,23-,24-,25+/m1/s1. The van der Waals surface area contributed by atoms with Crippen LogP contribution in [0.5, 0.6) is 5.75 Å². The zero-order valence-electron chi connectivity index (χ0n) is 20.2. The summed E-state index contributed by atoms with van der Waals surface area (Å²) >= 11 is 0. The number of hydrogen-bond acceptors (Lipinski definition) is 7. The highest BCUT2D eigenvalue weighted by Gasteiger charge is 2.61. The summed E-state index contributed by atoms with van der Waals surface area (Å²) in [5.74, 6) is -0.0956. The Morgan fingerprint density at radius 1 is 0.824 bits per heavy atom. The summed E-state index contributed by atoms with van der Waals surface area (Å²) in [6.45, 7) is 3.64. The molecule has 2 spiro atoms. The van der Waals surface area contributed by atoms with Crippen LogP contribution in [-0.4, -0.2) is 55.5 Å². The van der Waals surface area contributed by atoms with Crippen LogP contribution < -0.4 is 4.74 Å². The van der Waals surface area contributed by atoms with Gasteiger partial charge in [0, 0.05) is 25.7 Å². The first-order valence-corrected chi connectivity index (χ1v) is 13.3. The van der Waals surface area contributed by atoms with Crippen LogP contribution in [-0.2, 0) is 35.0 Å². The van der Waals surface area contributed by atoms with E-state index in [2.05, 4.69) is 0 Å². The van der Waals surface area contributed by atoms with Crippen molar-refractivity contribution in [3.63, 3.8) is 0 Å². The summed E-state index contributed by atoms with van der Waals surface area (Å²) in [6.07, 6.45) is 9.40. The van der Waals surface area contributed by atoms with Crippen molar-refractivity contribution in [1.82, 2.24) is 0 Å². The Labute approximate surface area is 202 Å². The smallest absolute Gasteiger partial charge is 0.190 e. The van der Waals surface area contributed by atoms with E-state index in [9.17, 15) is 0 Å². The van der Waals surface area contributed by atoms with Gasteiger partial charge in [0.1, 0.15) is 30.2 Å². The molecule has 0 radical (unpaired) electrons. The second-order valence-electron chi connectivity index (χ2n) is 10.4. The highest BCUT2D eigenvalue weighted by Crippen LogP contribution is 2.48. The fourth-order valence-corrected chi connectivity index (χ4v) is 6.30. The van der Waals surface area contributed by atoms with Gasteiger partial charge in [0.05, 0.1) is 19.8 Å². The molecule has 34 heavy (non-hydrogen) atoms. The van der Waals surface area contributed by atoms with E-state index in [1.807, 2.05) is 31.2 Å². The molecule has 3 saturated heterocycles. The molecule has 5 aliphatic rings. The summed E-state index contributed by atoms with van der Waals surface area (Å²) in [7, 11) is 0. The van der Waals surface area contributed by atoms with E-state index in [-0.39, 0.29) is 24.4 Å². The SMILES string of the molecule is CCOc1ccc(CO[C@H]2[C@H]3OC4(CCCCC4)O[C@@H]3O[C@@H]2[C@H]2COC3(CCCCC3)O2)cc1. The third-order valence-corrected chi connectivity index (χ3v) is 8.04. The van der Waals surface area contributed by atoms with Crippen LogP contribution in [0.3, 0.4) is 0 Å². The van der Waals surface area contributed by atoms with Crippen molar-refractivity contribution in [2.45, 2.75) is 120 Å². The van der Waals surface area contributed by atoms with Gasteiger partial charge in [0.25, 0.3) is 0 Å². The lowest BCUT2D eigenvalue weighted by Gasteiger charge is -2.35. The molecule has 2 aliphatic carbocycles. The largest absolute Gasteiger partial charge is 0.494 e. The van der Waals surface area contributed by atoms with Crippen molar-refractivity contribution in [3.8, 4) is 5.75 Å². The third-order valence-electron chi connectivity index (χ3n) is 8.04. The van der Waals surface area contributed by atoms with Gasteiger partial charge in [0.15, 0.2) is 17.9 Å². The van der Waals surface area contributed by atoms with Crippen LogP contribution in [0, 0.1) is 0 Å². The molecule has 0 amide bonds. The lowest BCUT2D eigenvalue weighted by Crippen LogP contribution is -2.45. The first-order chi connectivity index (χ1) is 16.7. The maximum atomic E-state index is 6.60. The monoisotopic (exact) mass is 474 g/mol. The van der Waals surface area contributed by atoms with Crippen molar-refractivity contribution in [3.05, 3.63) is 29.8 Å². The van der Waals surface area contributed by atoms with E-state index in [4.69, 9.17) is 33.2 Å². The normalized spacial score (nSPS) is 36.2. The van der Waals surface area contributed by atoms with E-state index in [1.165, 1.54) is 12.8 Å². The van der Waals surface area contributed by atoms with Crippen LogP contribution in [0.4, 0.5) is 0 Å². The minimum absolute atomic E-state index is 0.177. The minimum Gasteiger partial charge on any atom is -0.494 e. The van der Waals surface area contributed by atoms with Gasteiger partial charge in [-0.2, -0.15) is 0 Å². The van der Waals surface area contributed by atoms with Gasteiger partial charge in [0.2, 0.25) is 0 Å². The highest BCUT2D eigenvalue weighted by atomic mass is 16.9. The van der Waals surface area contributed by atoms with Gasteiger partial charge in [-0.3, -0.25) is 0 Å². The van der Waals surface area contributed by atoms with Gasteiger partial charge in [-0.15, -0.1) is 0 Å². The molecule has 0 unspecified atom stereocenters. The van der Waals surface area contributed by atoms with Gasteiger partial charge in [-0.1, -0.05) is 25.0 Å². The van der Waals surface area contributed by atoms with E-state index in [0.29, 0.717) is 19.8 Å². The molecular weight excluding hydrogens is 436 g/mol. The van der Waals surface area contributed by atoms with Crippen molar-refractivity contribution in [2.75, 3.05) is 13.2 Å². The molecule has 5 fully saturated rings. The minimum atomic E-state index is -0.517. The molecule has 0 N–H and O–H groups in total. The highest BCUT2D eigenvalue weighted by molar-refractivity contribution is 5.26. The van der Waals surface area contributed by atoms with Crippen LogP contribution >= 0.6 is 0 Å². The van der Waals surface area contributed by atoms with E-state index in [1.54, 1.807) is 0 Å². The lowest BCUT2D eigenvalue weighted by molar-refractivity contribution is -0.263. The molecule has 5 atom stereocenters. The van der Waals surface area contributed by atoms with Gasteiger partial charge >= 0.3 is 0 Å². The van der Waals surface area contributed by atoms with Crippen LogP contribution in [0.2, 0.25) is 0 Å². The summed E-state index contributed by atoms with van der Waals surface area (Å²) in [6, 6.07) is 8.07. The molecule has 3 heterocycles. The molecule has 2 saturated carbocycles. The zero-order chi connectivity index (χ0) is 23.0. The van der Waals surface area contributed by atoms with Crippen molar-refractivity contribution < 1.29 is 33.2 Å². The van der Waals surface area contributed by atoms with Crippen molar-refractivity contribution in [1.29, 1.82) is 0 Å². The predicted molar refractivity (Wildman–Crippen MR) is 123 cm³/mol. The zero-order valence-corrected chi connectivity index (χ0v) is 20.2. The number of fused-ring (bicyclic) bond motifs is 1. The predicted octanol–water partition coefficient (Wildman–Crippen LogP) is 4.85. The maximum Gasteiger partial charge on any atom is 0.190 e. The van der Waals surface area contributed by atoms with Gasteiger partial charge in [-0.25, -0.2) is 0 Å². The number of ether oxygens (including phenoxy) is 7. The second kappa shape index (κ2) is 9.68. The quantitative estimate of drug-likeness (QED) is 0.584. The van der Waals surface area contributed by atoms with E-state index in [0.717, 1.165) is 62.7 Å². The van der Waals surface area contributed by atoms with E-state index >= 15 is 0 Å². The molecule has 1 aromatic carbocycles. The third kappa shape index (κ3) is 4.51. The lowest BCUT2D eigenvalue weighted by atomic mass is 9.94. The van der Waals surface area contributed by atoms with Crippen LogP contribution in [0.25, 0.3) is 0 Å². The first kappa shape index (κ1) is 23.2. The fourth-order valence-electron chi connectivity index (χ4n) is 6.30. The average molecular weight is 475 g/mol.